The Kier molecular flexibility index (Phi) is 2.96. The largest absolute Gasteiger partial charge is 0.416 e. The fourth-order valence-corrected chi connectivity index (χ4v) is 2.67. The van der Waals surface area contributed by atoms with Crippen LogP contribution in [0, 0.1) is 5.82 Å². The van der Waals surface area contributed by atoms with Crippen molar-refractivity contribution in [3.63, 3.8) is 0 Å². The molecule has 0 radical (unpaired) electrons. The maximum absolute atomic E-state index is 13.4. The van der Waals surface area contributed by atoms with Gasteiger partial charge in [-0.3, -0.25) is 0 Å². The topological polar surface area (TPSA) is 0 Å². The molecule has 0 N–H and O–H groups in total. The Morgan fingerprint density at radius 3 is 1.93 bits per heavy atom. The molecule has 0 fully saturated rings. The van der Waals surface area contributed by atoms with Gasteiger partial charge < -0.3 is 0 Å². The Hall–Kier alpha value is -0.843. The highest BCUT2D eigenvalue weighted by Crippen LogP contribution is 2.29. The van der Waals surface area contributed by atoms with Gasteiger partial charge in [-0.2, -0.15) is 13.2 Å². The van der Waals surface area contributed by atoms with Gasteiger partial charge >= 0.3 is 6.18 Å². The first-order chi connectivity index (χ1) is 6.62. The third-order valence-electron chi connectivity index (χ3n) is 2.10. The number of rotatable bonds is 1. The minimum Gasteiger partial charge on any atom is -0.207 e. The Bertz CT molecular complexity index is 363. The summed E-state index contributed by atoms with van der Waals surface area (Å²) >= 11 is 0. The molecule has 1 rings (SSSR count). The molecule has 0 atom stereocenters. The van der Waals surface area contributed by atoms with Crippen LogP contribution in [0.15, 0.2) is 18.2 Å². The van der Waals surface area contributed by atoms with Crippen LogP contribution in [0.2, 0.25) is 19.6 Å². The molecule has 0 saturated carbocycles. The molecule has 0 aliphatic heterocycles. The Balaban J connectivity index is 3.21. The van der Waals surface area contributed by atoms with Crippen LogP contribution in [-0.2, 0) is 6.18 Å². The normalized spacial score (nSPS) is 13.0. The van der Waals surface area contributed by atoms with Gasteiger partial charge in [0.15, 0.2) is 0 Å². The smallest absolute Gasteiger partial charge is 0.207 e. The lowest BCUT2D eigenvalue weighted by Crippen LogP contribution is -2.40. The first-order valence-corrected chi connectivity index (χ1v) is 7.99. The van der Waals surface area contributed by atoms with E-state index in [1.54, 1.807) is 0 Å². The summed E-state index contributed by atoms with van der Waals surface area (Å²) in [4.78, 5) is 0. The van der Waals surface area contributed by atoms with Crippen LogP contribution in [0.3, 0.4) is 0 Å². The van der Waals surface area contributed by atoms with Crippen molar-refractivity contribution in [1.29, 1.82) is 0 Å². The fraction of sp³-hybridized carbons (Fsp3) is 0.400. The van der Waals surface area contributed by atoms with E-state index in [9.17, 15) is 17.6 Å². The van der Waals surface area contributed by atoms with E-state index >= 15 is 0 Å². The van der Waals surface area contributed by atoms with E-state index in [0.29, 0.717) is 11.3 Å². The fourth-order valence-electron chi connectivity index (χ4n) is 1.30. The zero-order valence-electron chi connectivity index (χ0n) is 8.74. The summed E-state index contributed by atoms with van der Waals surface area (Å²) in [5.41, 5.74) is -0.929. The number of benzene rings is 1. The summed E-state index contributed by atoms with van der Waals surface area (Å²) < 4.78 is 50.1. The van der Waals surface area contributed by atoms with Gasteiger partial charge in [0.1, 0.15) is 5.82 Å². The van der Waals surface area contributed by atoms with Crippen LogP contribution in [0.4, 0.5) is 17.6 Å². The first kappa shape index (κ1) is 12.2. The monoisotopic (exact) mass is 236 g/mol. The van der Waals surface area contributed by atoms with Gasteiger partial charge in [0.05, 0.1) is 13.6 Å². The molecule has 0 aromatic heterocycles. The predicted molar refractivity (Wildman–Crippen MR) is 54.4 cm³/mol. The molecule has 0 saturated heterocycles. The maximum atomic E-state index is 13.4. The molecule has 0 heterocycles. The summed E-state index contributed by atoms with van der Waals surface area (Å²) in [6, 6.07) is 2.77. The molecular formula is C10H12F4Si. The van der Waals surface area contributed by atoms with E-state index in [0.717, 1.165) is 6.07 Å². The van der Waals surface area contributed by atoms with Crippen LogP contribution < -0.4 is 5.19 Å². The van der Waals surface area contributed by atoms with Crippen LogP contribution in [0.5, 0.6) is 0 Å². The van der Waals surface area contributed by atoms with E-state index in [4.69, 9.17) is 0 Å². The van der Waals surface area contributed by atoms with Crippen LogP contribution in [0.1, 0.15) is 5.56 Å². The molecule has 1 aromatic rings. The van der Waals surface area contributed by atoms with Crippen molar-refractivity contribution >= 4 is 13.3 Å². The second-order valence-electron chi connectivity index (χ2n) is 4.44. The summed E-state index contributed by atoms with van der Waals surface area (Å²) in [6.45, 7) is 5.66. The van der Waals surface area contributed by atoms with E-state index in [2.05, 4.69) is 0 Å². The maximum Gasteiger partial charge on any atom is 0.416 e. The molecule has 0 amide bonds. The number of halogens is 4. The molecule has 5 heteroatoms. The average molecular weight is 236 g/mol. The van der Waals surface area contributed by atoms with Gasteiger partial charge in [-0.05, 0) is 17.3 Å². The molecule has 84 valence electrons. The third-order valence-corrected chi connectivity index (χ3v) is 4.13. The summed E-state index contributed by atoms with van der Waals surface area (Å²) in [5, 5.41) is 0.426. The van der Waals surface area contributed by atoms with Crippen LogP contribution >= 0.6 is 0 Å². The molecule has 0 unspecified atom stereocenters. The average Bonchev–Trinajstić information content (AvgIpc) is 1.99. The van der Waals surface area contributed by atoms with E-state index in [-0.39, 0.29) is 0 Å². The molecule has 0 nitrogen and oxygen atoms in total. The molecule has 0 bridgehead atoms. The zero-order chi connectivity index (χ0) is 11.9. The first-order valence-electron chi connectivity index (χ1n) is 4.49. The SMILES string of the molecule is C[Si](C)(C)c1ccc(C(F)(F)F)cc1F. The summed E-state index contributed by atoms with van der Waals surface area (Å²) in [6.07, 6.45) is -4.47. The number of hydrogen-bond acceptors (Lipinski definition) is 0. The highest BCUT2D eigenvalue weighted by atomic mass is 28.3. The molecule has 0 spiro atoms. The standard InChI is InChI=1S/C10H12F4Si/c1-15(2,3)9-5-4-7(6-8(9)11)10(12,13)14/h4-6H,1-3H3. The Labute approximate surface area is 86.9 Å². The molecule has 15 heavy (non-hydrogen) atoms. The highest BCUT2D eigenvalue weighted by molar-refractivity contribution is 6.88. The van der Waals surface area contributed by atoms with Crippen molar-refractivity contribution < 1.29 is 17.6 Å². The molecule has 0 aliphatic rings. The van der Waals surface area contributed by atoms with Crippen molar-refractivity contribution in [2.75, 3.05) is 0 Å². The van der Waals surface area contributed by atoms with Gasteiger partial charge in [0.25, 0.3) is 0 Å². The second kappa shape index (κ2) is 3.63. The second-order valence-corrected chi connectivity index (χ2v) is 9.48. The Morgan fingerprint density at radius 2 is 1.60 bits per heavy atom. The van der Waals surface area contributed by atoms with Gasteiger partial charge in [-0.15, -0.1) is 0 Å². The van der Waals surface area contributed by atoms with Crippen LogP contribution in [0.25, 0.3) is 0 Å². The number of hydrogen-bond donors (Lipinski definition) is 0. The predicted octanol–water partition coefficient (Wildman–Crippen LogP) is 3.39. The van der Waals surface area contributed by atoms with Crippen molar-refractivity contribution in [1.82, 2.24) is 0 Å². The van der Waals surface area contributed by atoms with Crippen molar-refractivity contribution in [3.8, 4) is 0 Å². The molecule has 1 aromatic carbocycles. The Morgan fingerprint density at radius 1 is 1.07 bits per heavy atom. The van der Waals surface area contributed by atoms with Gasteiger partial charge in [0.2, 0.25) is 0 Å². The van der Waals surface area contributed by atoms with Gasteiger partial charge in [0, 0.05) is 0 Å². The highest BCUT2D eigenvalue weighted by Gasteiger charge is 2.32. The molecular weight excluding hydrogens is 224 g/mol. The quantitative estimate of drug-likeness (QED) is 0.518. The van der Waals surface area contributed by atoms with E-state index in [1.165, 1.54) is 6.07 Å². The minimum absolute atomic E-state index is 0.426. The minimum atomic E-state index is -4.47. The van der Waals surface area contributed by atoms with Crippen molar-refractivity contribution in [3.05, 3.63) is 29.6 Å². The van der Waals surface area contributed by atoms with Crippen LogP contribution in [-0.4, -0.2) is 8.07 Å². The van der Waals surface area contributed by atoms with E-state index < -0.39 is 25.6 Å². The van der Waals surface area contributed by atoms with Crippen molar-refractivity contribution in [2.24, 2.45) is 0 Å². The van der Waals surface area contributed by atoms with Gasteiger partial charge in [-0.25, -0.2) is 4.39 Å². The summed E-state index contributed by atoms with van der Waals surface area (Å²) in [5.74, 6) is -0.746. The lowest BCUT2D eigenvalue weighted by molar-refractivity contribution is -0.137. The molecule has 0 aliphatic carbocycles. The van der Waals surface area contributed by atoms with Gasteiger partial charge in [-0.1, -0.05) is 25.7 Å². The van der Waals surface area contributed by atoms with E-state index in [1.807, 2.05) is 19.6 Å². The summed E-state index contributed by atoms with van der Waals surface area (Å²) in [7, 11) is -1.90. The zero-order valence-corrected chi connectivity index (χ0v) is 9.74. The van der Waals surface area contributed by atoms with Crippen molar-refractivity contribution in [2.45, 2.75) is 25.8 Å². The lowest BCUT2D eigenvalue weighted by Gasteiger charge is -2.18. The lowest BCUT2D eigenvalue weighted by atomic mass is 10.2. The third kappa shape index (κ3) is 2.81. The number of alkyl halides is 3.